The molecule has 3 rings (SSSR count). The van der Waals surface area contributed by atoms with Gasteiger partial charge in [0.15, 0.2) is 0 Å². The van der Waals surface area contributed by atoms with Crippen LogP contribution in [0, 0.1) is 0 Å². The quantitative estimate of drug-likeness (QED) is 0.667. The normalized spacial score (nSPS) is 18.0. The fraction of sp³-hybridized carbons (Fsp3) is 0.125. The molecule has 1 unspecified atom stereocenters. The highest BCUT2D eigenvalue weighted by molar-refractivity contribution is 5.46. The molecule has 84 valence electrons. The zero-order valence-electron chi connectivity index (χ0n) is 9.54. The Morgan fingerprint density at radius 3 is 2.53 bits per heavy atom. The maximum atomic E-state index is 5.71. The summed E-state index contributed by atoms with van der Waals surface area (Å²) in [4.78, 5) is 0. The summed E-state index contributed by atoms with van der Waals surface area (Å²) in [5.41, 5.74) is 2.55. The number of para-hydroxylation sites is 1. The van der Waals surface area contributed by atoms with Gasteiger partial charge < -0.3 is 4.74 Å². The van der Waals surface area contributed by atoms with Crippen LogP contribution in [-0.4, -0.2) is 6.61 Å². The van der Waals surface area contributed by atoms with Crippen LogP contribution in [0.4, 0.5) is 0 Å². The molecule has 0 radical (unpaired) electrons. The van der Waals surface area contributed by atoms with E-state index in [4.69, 9.17) is 4.74 Å². The molecule has 17 heavy (non-hydrogen) atoms. The Hall–Kier alpha value is -2.02. The third kappa shape index (κ3) is 1.96. The number of allylic oxidation sites excluding steroid dienone is 1. The molecule has 0 N–H and O–H groups in total. The Kier molecular flexibility index (Phi) is 2.66. The van der Waals surface area contributed by atoms with Crippen LogP contribution in [0.5, 0.6) is 5.75 Å². The van der Waals surface area contributed by atoms with Gasteiger partial charge in [-0.05, 0) is 11.6 Å². The van der Waals surface area contributed by atoms with Crippen molar-refractivity contribution in [3.8, 4) is 5.75 Å². The van der Waals surface area contributed by atoms with Gasteiger partial charge in [-0.25, -0.2) is 0 Å². The van der Waals surface area contributed by atoms with E-state index < -0.39 is 0 Å². The monoisotopic (exact) mass is 222 g/mol. The van der Waals surface area contributed by atoms with Gasteiger partial charge in [0.05, 0.1) is 0 Å². The van der Waals surface area contributed by atoms with Crippen molar-refractivity contribution in [2.75, 3.05) is 6.61 Å². The molecule has 1 aliphatic heterocycles. The van der Waals surface area contributed by atoms with E-state index >= 15 is 0 Å². The Balaban J connectivity index is 2.11. The first kappa shape index (κ1) is 10.2. The zero-order valence-corrected chi connectivity index (χ0v) is 9.54. The van der Waals surface area contributed by atoms with Crippen molar-refractivity contribution in [2.45, 2.75) is 5.92 Å². The van der Waals surface area contributed by atoms with Crippen molar-refractivity contribution in [3.63, 3.8) is 0 Å². The topological polar surface area (TPSA) is 9.23 Å². The third-order valence-electron chi connectivity index (χ3n) is 3.08. The maximum absolute atomic E-state index is 5.71. The number of rotatable bonds is 1. The lowest BCUT2D eigenvalue weighted by Crippen LogP contribution is -1.98. The maximum Gasteiger partial charge on any atom is 0.123 e. The average Bonchev–Trinajstić information content (AvgIpc) is 2.62. The van der Waals surface area contributed by atoms with Crippen LogP contribution in [0.3, 0.4) is 0 Å². The molecule has 0 amide bonds. The van der Waals surface area contributed by atoms with Crippen LogP contribution in [0.15, 0.2) is 66.7 Å². The molecule has 0 aromatic heterocycles. The van der Waals surface area contributed by atoms with Gasteiger partial charge in [-0.15, -0.1) is 0 Å². The molecule has 0 saturated heterocycles. The van der Waals surface area contributed by atoms with Gasteiger partial charge in [0.25, 0.3) is 0 Å². The van der Waals surface area contributed by atoms with E-state index in [1.165, 1.54) is 11.1 Å². The molecule has 0 saturated carbocycles. The molecule has 2 aromatic rings. The Bertz CT molecular complexity index is 528. The summed E-state index contributed by atoms with van der Waals surface area (Å²) in [5, 5.41) is 0. The van der Waals surface area contributed by atoms with E-state index in [2.05, 4.69) is 48.6 Å². The summed E-state index contributed by atoms with van der Waals surface area (Å²) < 4.78 is 5.71. The van der Waals surface area contributed by atoms with Gasteiger partial charge in [-0.2, -0.15) is 0 Å². The molecule has 0 fully saturated rings. The second kappa shape index (κ2) is 4.46. The van der Waals surface area contributed by atoms with E-state index in [0.717, 1.165) is 5.75 Å². The molecule has 1 aliphatic rings. The van der Waals surface area contributed by atoms with E-state index in [9.17, 15) is 0 Å². The lowest BCUT2D eigenvalue weighted by atomic mass is 9.91. The molecule has 1 nitrogen and oxygen atoms in total. The molecule has 1 heteroatoms. The van der Waals surface area contributed by atoms with E-state index in [1.807, 2.05) is 18.2 Å². The minimum Gasteiger partial charge on any atom is -0.489 e. The molecule has 0 bridgehead atoms. The summed E-state index contributed by atoms with van der Waals surface area (Å²) >= 11 is 0. The van der Waals surface area contributed by atoms with E-state index in [1.54, 1.807) is 0 Å². The predicted molar refractivity (Wildman–Crippen MR) is 69.4 cm³/mol. The molecule has 1 atom stereocenters. The molecule has 2 aromatic carbocycles. The van der Waals surface area contributed by atoms with E-state index in [0.29, 0.717) is 12.5 Å². The van der Waals surface area contributed by atoms with Crippen molar-refractivity contribution >= 4 is 0 Å². The number of hydrogen-bond donors (Lipinski definition) is 0. The summed E-state index contributed by atoms with van der Waals surface area (Å²) in [6.07, 6.45) is 4.32. The molecule has 0 aliphatic carbocycles. The van der Waals surface area contributed by atoms with Crippen molar-refractivity contribution in [2.24, 2.45) is 0 Å². The van der Waals surface area contributed by atoms with Gasteiger partial charge in [0.2, 0.25) is 0 Å². The van der Waals surface area contributed by atoms with E-state index in [-0.39, 0.29) is 0 Å². The summed E-state index contributed by atoms with van der Waals surface area (Å²) in [6.45, 7) is 0.653. The van der Waals surface area contributed by atoms with Crippen molar-refractivity contribution in [3.05, 3.63) is 77.9 Å². The van der Waals surface area contributed by atoms with Crippen molar-refractivity contribution in [1.82, 2.24) is 0 Å². The Labute approximate surface area is 101 Å². The van der Waals surface area contributed by atoms with Crippen LogP contribution in [0.25, 0.3) is 0 Å². The number of benzene rings is 2. The fourth-order valence-electron chi connectivity index (χ4n) is 2.25. The lowest BCUT2D eigenvalue weighted by molar-refractivity contribution is 0.362. The van der Waals surface area contributed by atoms with Crippen LogP contribution < -0.4 is 4.74 Å². The first-order valence-electron chi connectivity index (χ1n) is 5.88. The summed E-state index contributed by atoms with van der Waals surface area (Å²) in [6, 6.07) is 18.8. The highest BCUT2D eigenvalue weighted by atomic mass is 16.5. The Morgan fingerprint density at radius 1 is 0.882 bits per heavy atom. The molecule has 0 spiro atoms. The summed E-state index contributed by atoms with van der Waals surface area (Å²) in [5.74, 6) is 1.29. The van der Waals surface area contributed by atoms with Crippen LogP contribution in [0.1, 0.15) is 17.0 Å². The first-order valence-corrected chi connectivity index (χ1v) is 5.88. The largest absolute Gasteiger partial charge is 0.489 e. The van der Waals surface area contributed by atoms with Crippen molar-refractivity contribution < 1.29 is 4.74 Å². The van der Waals surface area contributed by atoms with Gasteiger partial charge >= 0.3 is 0 Å². The minimum atomic E-state index is 0.301. The third-order valence-corrected chi connectivity index (χ3v) is 3.08. The predicted octanol–water partition coefficient (Wildman–Crippen LogP) is 3.77. The molecular weight excluding hydrogens is 208 g/mol. The second-order valence-corrected chi connectivity index (χ2v) is 4.17. The van der Waals surface area contributed by atoms with Crippen molar-refractivity contribution in [1.29, 1.82) is 0 Å². The SMILES string of the molecule is C1=CC(c2ccccc2)c2ccccc2OC1. The van der Waals surface area contributed by atoms with Gasteiger partial charge in [-0.3, -0.25) is 0 Å². The fourth-order valence-corrected chi connectivity index (χ4v) is 2.25. The lowest BCUT2D eigenvalue weighted by Gasteiger charge is -2.15. The van der Waals surface area contributed by atoms with Gasteiger partial charge in [0.1, 0.15) is 12.4 Å². The number of fused-ring (bicyclic) bond motifs is 1. The van der Waals surface area contributed by atoms with Crippen LogP contribution in [0.2, 0.25) is 0 Å². The highest BCUT2D eigenvalue weighted by Crippen LogP contribution is 2.34. The standard InChI is InChI=1S/C16H14O/c1-2-7-13(8-3-1)14-10-6-12-17-16-11-5-4-9-15(14)16/h1-11,14H,12H2. The van der Waals surface area contributed by atoms with Gasteiger partial charge in [0, 0.05) is 11.5 Å². The second-order valence-electron chi connectivity index (χ2n) is 4.17. The molecule has 1 heterocycles. The zero-order chi connectivity index (χ0) is 11.5. The van der Waals surface area contributed by atoms with Crippen LogP contribution >= 0.6 is 0 Å². The smallest absolute Gasteiger partial charge is 0.123 e. The average molecular weight is 222 g/mol. The van der Waals surface area contributed by atoms with Crippen LogP contribution in [-0.2, 0) is 0 Å². The van der Waals surface area contributed by atoms with Gasteiger partial charge in [-0.1, -0.05) is 60.7 Å². The molecular formula is C16H14O. The highest BCUT2D eigenvalue weighted by Gasteiger charge is 2.16. The first-order chi connectivity index (χ1) is 8.45. The summed E-state index contributed by atoms with van der Waals surface area (Å²) in [7, 11) is 0. The number of ether oxygens (including phenoxy) is 1. The Morgan fingerprint density at radius 2 is 1.65 bits per heavy atom. The number of hydrogen-bond acceptors (Lipinski definition) is 1. The minimum absolute atomic E-state index is 0.301.